The van der Waals surface area contributed by atoms with Gasteiger partial charge in [-0.25, -0.2) is 4.39 Å². The average molecular weight is 221 g/mol. The number of benzene rings is 1. The maximum Gasteiger partial charge on any atom is 0.128 e. The highest BCUT2D eigenvalue weighted by Crippen LogP contribution is 2.42. The van der Waals surface area contributed by atoms with Gasteiger partial charge in [0.05, 0.1) is 0 Å². The lowest BCUT2D eigenvalue weighted by Gasteiger charge is -2.47. The number of rotatable bonds is 2. The summed E-state index contributed by atoms with van der Waals surface area (Å²) in [4.78, 5) is 0. The Kier molecular flexibility index (Phi) is 2.79. The molecule has 1 fully saturated rings. The molecule has 1 heterocycles. The summed E-state index contributed by atoms with van der Waals surface area (Å²) < 4.78 is 13.8. The Morgan fingerprint density at radius 3 is 2.38 bits per heavy atom. The molecule has 0 bridgehead atoms. The first-order chi connectivity index (χ1) is 7.43. The molecule has 0 amide bonds. The van der Waals surface area contributed by atoms with Crippen LogP contribution < -0.4 is 5.32 Å². The first kappa shape index (κ1) is 11.6. The van der Waals surface area contributed by atoms with Crippen molar-refractivity contribution in [2.75, 3.05) is 6.54 Å². The van der Waals surface area contributed by atoms with Crippen LogP contribution in [0.3, 0.4) is 0 Å². The molecule has 0 radical (unpaired) electrons. The molecular weight excluding hydrogens is 201 g/mol. The minimum absolute atomic E-state index is 0.0843. The molecular formula is C14H20FN. The molecule has 0 saturated carbocycles. The van der Waals surface area contributed by atoms with Crippen molar-refractivity contribution < 1.29 is 4.39 Å². The largest absolute Gasteiger partial charge is 0.307 e. The van der Waals surface area contributed by atoms with E-state index in [0.717, 1.165) is 24.9 Å². The number of hydrogen-bond donors (Lipinski definition) is 1. The maximum atomic E-state index is 13.8. The molecule has 1 aliphatic rings. The third-order valence-corrected chi connectivity index (χ3v) is 3.24. The van der Waals surface area contributed by atoms with E-state index in [4.69, 9.17) is 0 Å². The third-order valence-electron chi connectivity index (χ3n) is 3.24. The van der Waals surface area contributed by atoms with E-state index in [9.17, 15) is 4.39 Å². The Balaban J connectivity index is 2.32. The zero-order chi connectivity index (χ0) is 11.8. The lowest BCUT2D eigenvalue weighted by atomic mass is 9.70. The first-order valence-corrected chi connectivity index (χ1v) is 5.93. The lowest BCUT2D eigenvalue weighted by Crippen LogP contribution is -2.56. The van der Waals surface area contributed by atoms with E-state index < -0.39 is 0 Å². The maximum absolute atomic E-state index is 13.8. The normalized spacial score (nSPS) is 25.2. The zero-order valence-electron chi connectivity index (χ0n) is 10.3. The molecule has 1 aromatic carbocycles. The molecule has 0 aromatic heterocycles. The number of hydrogen-bond acceptors (Lipinski definition) is 1. The summed E-state index contributed by atoms with van der Waals surface area (Å²) >= 11 is 0. The minimum atomic E-state index is -0.135. The Morgan fingerprint density at radius 1 is 1.31 bits per heavy atom. The summed E-state index contributed by atoms with van der Waals surface area (Å²) in [5, 5.41) is 3.43. The van der Waals surface area contributed by atoms with E-state index in [-0.39, 0.29) is 16.8 Å². The van der Waals surface area contributed by atoms with Crippen LogP contribution in [0.5, 0.6) is 0 Å². The summed E-state index contributed by atoms with van der Waals surface area (Å²) in [7, 11) is 0. The molecule has 1 saturated heterocycles. The molecule has 1 atom stereocenters. The highest BCUT2D eigenvalue weighted by atomic mass is 19.1. The second-order valence-electron chi connectivity index (χ2n) is 5.98. The van der Waals surface area contributed by atoms with Gasteiger partial charge in [-0.1, -0.05) is 39.0 Å². The molecule has 0 aliphatic carbocycles. The van der Waals surface area contributed by atoms with E-state index in [1.54, 1.807) is 12.1 Å². The predicted molar refractivity (Wildman–Crippen MR) is 64.8 cm³/mol. The monoisotopic (exact) mass is 221 g/mol. The molecule has 2 rings (SSSR count). The van der Waals surface area contributed by atoms with Crippen molar-refractivity contribution in [1.29, 1.82) is 0 Å². The molecule has 88 valence electrons. The molecule has 1 nitrogen and oxygen atoms in total. The second kappa shape index (κ2) is 3.85. The van der Waals surface area contributed by atoms with Crippen LogP contribution in [0.15, 0.2) is 24.3 Å². The fourth-order valence-electron chi connectivity index (χ4n) is 2.66. The van der Waals surface area contributed by atoms with Gasteiger partial charge in [0.1, 0.15) is 5.82 Å². The van der Waals surface area contributed by atoms with Gasteiger partial charge < -0.3 is 5.32 Å². The van der Waals surface area contributed by atoms with Crippen molar-refractivity contribution in [2.24, 2.45) is 5.41 Å². The minimum Gasteiger partial charge on any atom is -0.307 e. The van der Waals surface area contributed by atoms with Gasteiger partial charge in [-0.2, -0.15) is 0 Å². The fourth-order valence-corrected chi connectivity index (χ4v) is 2.66. The predicted octanol–water partition coefficient (Wildman–Crippen LogP) is 3.45. The molecule has 1 unspecified atom stereocenters. The number of halogens is 1. The van der Waals surface area contributed by atoms with Gasteiger partial charge in [-0.15, -0.1) is 0 Å². The summed E-state index contributed by atoms with van der Waals surface area (Å²) in [5.74, 6) is -0.0843. The van der Waals surface area contributed by atoms with Crippen molar-refractivity contribution in [2.45, 2.75) is 39.2 Å². The van der Waals surface area contributed by atoms with Crippen molar-refractivity contribution in [3.63, 3.8) is 0 Å². The Bertz CT molecular complexity index is 375. The molecule has 2 heteroatoms. The van der Waals surface area contributed by atoms with E-state index >= 15 is 0 Å². The summed E-state index contributed by atoms with van der Waals surface area (Å²) in [5.41, 5.74) is 0.899. The standard InChI is InChI=1S/C14H20FN/c1-13(2,3)10-14(8-9-16-14)11-6-4-5-7-12(11)15/h4-7,16H,8-10H2,1-3H3. The average Bonchev–Trinajstić information content (AvgIpc) is 2.11. The highest BCUT2D eigenvalue weighted by Gasteiger charge is 2.42. The van der Waals surface area contributed by atoms with Crippen LogP contribution in [0, 0.1) is 11.2 Å². The fraction of sp³-hybridized carbons (Fsp3) is 0.571. The van der Waals surface area contributed by atoms with Crippen LogP contribution in [0.1, 0.15) is 39.2 Å². The van der Waals surface area contributed by atoms with Crippen LogP contribution in [0.25, 0.3) is 0 Å². The smallest absolute Gasteiger partial charge is 0.128 e. The SMILES string of the molecule is CC(C)(C)CC1(c2ccccc2F)CCN1. The topological polar surface area (TPSA) is 12.0 Å². The Labute approximate surface area is 97.1 Å². The quantitative estimate of drug-likeness (QED) is 0.806. The summed E-state index contributed by atoms with van der Waals surface area (Å²) in [6.45, 7) is 7.60. The van der Waals surface area contributed by atoms with Crippen molar-refractivity contribution >= 4 is 0 Å². The second-order valence-corrected chi connectivity index (χ2v) is 5.98. The van der Waals surface area contributed by atoms with E-state index in [1.807, 2.05) is 12.1 Å². The molecule has 1 aliphatic heterocycles. The van der Waals surface area contributed by atoms with Crippen LogP contribution in [0.2, 0.25) is 0 Å². The molecule has 1 N–H and O–H groups in total. The molecule has 16 heavy (non-hydrogen) atoms. The van der Waals surface area contributed by atoms with Gasteiger partial charge in [0, 0.05) is 11.1 Å². The van der Waals surface area contributed by atoms with E-state index in [0.29, 0.717) is 0 Å². The van der Waals surface area contributed by atoms with Crippen molar-refractivity contribution in [3.8, 4) is 0 Å². The zero-order valence-corrected chi connectivity index (χ0v) is 10.3. The van der Waals surface area contributed by atoms with Gasteiger partial charge in [0.15, 0.2) is 0 Å². The third kappa shape index (κ3) is 2.12. The van der Waals surface area contributed by atoms with Gasteiger partial charge in [-0.3, -0.25) is 0 Å². The Morgan fingerprint density at radius 2 is 1.94 bits per heavy atom. The van der Waals surface area contributed by atoms with Crippen LogP contribution >= 0.6 is 0 Å². The highest BCUT2D eigenvalue weighted by molar-refractivity contribution is 5.29. The lowest BCUT2D eigenvalue weighted by molar-refractivity contribution is 0.127. The van der Waals surface area contributed by atoms with Gasteiger partial charge in [-0.05, 0) is 30.9 Å². The van der Waals surface area contributed by atoms with Crippen molar-refractivity contribution in [1.82, 2.24) is 5.32 Å². The van der Waals surface area contributed by atoms with E-state index in [2.05, 4.69) is 26.1 Å². The summed E-state index contributed by atoms with van der Waals surface area (Å²) in [6, 6.07) is 7.14. The van der Waals surface area contributed by atoms with E-state index in [1.165, 1.54) is 0 Å². The Hall–Kier alpha value is -0.890. The van der Waals surface area contributed by atoms with Crippen molar-refractivity contribution in [3.05, 3.63) is 35.6 Å². The van der Waals surface area contributed by atoms with Crippen LogP contribution in [0.4, 0.5) is 4.39 Å². The van der Waals surface area contributed by atoms with Gasteiger partial charge >= 0.3 is 0 Å². The van der Waals surface area contributed by atoms with Gasteiger partial charge in [0.2, 0.25) is 0 Å². The summed E-state index contributed by atoms with van der Waals surface area (Å²) in [6.07, 6.45) is 2.01. The van der Waals surface area contributed by atoms with Crippen LogP contribution in [-0.2, 0) is 5.54 Å². The number of nitrogens with one attached hydrogen (secondary N) is 1. The molecule has 0 spiro atoms. The van der Waals surface area contributed by atoms with Gasteiger partial charge in [0.25, 0.3) is 0 Å². The first-order valence-electron chi connectivity index (χ1n) is 5.93. The van der Waals surface area contributed by atoms with Crippen LogP contribution in [-0.4, -0.2) is 6.54 Å². The molecule has 1 aromatic rings.